The lowest BCUT2D eigenvalue weighted by Crippen LogP contribution is -2.15. The first-order chi connectivity index (χ1) is 18.0. The van der Waals surface area contributed by atoms with Crippen molar-refractivity contribution in [3.8, 4) is 34.3 Å². The van der Waals surface area contributed by atoms with Gasteiger partial charge >= 0.3 is 5.97 Å². The van der Waals surface area contributed by atoms with Crippen LogP contribution >= 0.6 is 34.3 Å². The Bertz CT molecular complexity index is 1410. The first kappa shape index (κ1) is 25.1. The number of aromatic nitrogens is 2. The molecule has 0 spiro atoms. The summed E-state index contributed by atoms with van der Waals surface area (Å²) < 4.78 is 27.6. The third kappa shape index (κ3) is 5.74. The molecule has 0 radical (unpaired) electrons. The molecule has 37 heavy (non-hydrogen) atoms. The van der Waals surface area contributed by atoms with Crippen molar-refractivity contribution in [1.29, 1.82) is 0 Å². The molecule has 2 aromatic heterocycles. The smallest absolute Gasteiger partial charge is 0.311 e. The molecule has 1 N–H and O–H groups in total. The second kappa shape index (κ2) is 11.2. The number of nitrogens with one attached hydrogen (secondary N) is 1. The molecule has 1 aliphatic rings. The molecule has 4 aromatic rings. The molecule has 9 nitrogen and oxygen atoms in total. The van der Waals surface area contributed by atoms with Crippen LogP contribution < -0.4 is 24.3 Å². The molecule has 0 fully saturated rings. The molecule has 0 saturated carbocycles. The van der Waals surface area contributed by atoms with E-state index in [2.05, 4.69) is 10.3 Å². The van der Waals surface area contributed by atoms with Gasteiger partial charge < -0.3 is 29.0 Å². The average Bonchev–Trinajstić information content (AvgIpc) is 3.57. The Hall–Kier alpha value is -3.54. The minimum Gasteiger partial charge on any atom is -0.495 e. The molecule has 0 aliphatic carbocycles. The van der Waals surface area contributed by atoms with Crippen LogP contribution in [0.3, 0.4) is 0 Å². The average molecular weight is 560 g/mol. The number of rotatable bonds is 9. The molecule has 0 saturated heterocycles. The van der Waals surface area contributed by atoms with Gasteiger partial charge in [-0.1, -0.05) is 11.6 Å². The third-order valence-electron chi connectivity index (χ3n) is 5.37. The Morgan fingerprint density at radius 3 is 2.68 bits per heavy atom. The van der Waals surface area contributed by atoms with Gasteiger partial charge in [-0.05, 0) is 24.3 Å². The Morgan fingerprint density at radius 2 is 1.92 bits per heavy atom. The monoisotopic (exact) mass is 559 g/mol. The summed E-state index contributed by atoms with van der Waals surface area (Å²) in [5.74, 6) is 1.94. The van der Waals surface area contributed by atoms with E-state index in [1.54, 1.807) is 25.4 Å². The zero-order chi connectivity index (χ0) is 25.8. The van der Waals surface area contributed by atoms with E-state index in [9.17, 15) is 4.79 Å². The quantitative estimate of drug-likeness (QED) is 0.257. The summed E-state index contributed by atoms with van der Waals surface area (Å²) in [7, 11) is 3.09. The molecular formula is C25H22ClN3O6S2. The number of carbonyl (C=O) groups is 1. The van der Waals surface area contributed by atoms with Crippen LogP contribution in [0.4, 0.5) is 10.8 Å². The maximum atomic E-state index is 12.7. The van der Waals surface area contributed by atoms with Gasteiger partial charge in [0.15, 0.2) is 16.6 Å². The Labute approximate surface area is 225 Å². The highest BCUT2D eigenvalue weighted by Gasteiger charge is 2.21. The van der Waals surface area contributed by atoms with Gasteiger partial charge in [0.1, 0.15) is 36.3 Å². The van der Waals surface area contributed by atoms with Crippen LogP contribution in [0, 0.1) is 0 Å². The lowest BCUT2D eigenvalue weighted by molar-refractivity contribution is -0.144. The lowest BCUT2D eigenvalue weighted by atomic mass is 10.1. The van der Waals surface area contributed by atoms with Gasteiger partial charge in [0.2, 0.25) is 0 Å². The molecule has 0 bridgehead atoms. The second-order valence-corrected chi connectivity index (χ2v) is 10.2. The van der Waals surface area contributed by atoms with Crippen molar-refractivity contribution in [3.63, 3.8) is 0 Å². The first-order valence-electron chi connectivity index (χ1n) is 11.2. The maximum Gasteiger partial charge on any atom is 0.311 e. The number of hydrogen-bond donors (Lipinski definition) is 1. The summed E-state index contributed by atoms with van der Waals surface area (Å²) in [5, 5.41) is 6.80. The number of ether oxygens (including phenoxy) is 5. The summed E-state index contributed by atoms with van der Waals surface area (Å²) in [4.78, 5) is 22.4. The van der Waals surface area contributed by atoms with Crippen molar-refractivity contribution in [2.24, 2.45) is 0 Å². The summed E-state index contributed by atoms with van der Waals surface area (Å²) in [5.41, 5.74) is 2.03. The van der Waals surface area contributed by atoms with Gasteiger partial charge in [-0.3, -0.25) is 4.79 Å². The highest BCUT2D eigenvalue weighted by molar-refractivity contribution is 7.16. The van der Waals surface area contributed by atoms with E-state index >= 15 is 0 Å². The zero-order valence-corrected chi connectivity index (χ0v) is 22.3. The number of carbonyl (C=O) groups excluding carboxylic acids is 1. The number of esters is 1. The van der Waals surface area contributed by atoms with Crippen LogP contribution in [-0.4, -0.2) is 43.4 Å². The predicted octanol–water partition coefficient (Wildman–Crippen LogP) is 5.74. The molecule has 1 aliphatic heterocycles. The van der Waals surface area contributed by atoms with E-state index in [4.69, 9.17) is 40.3 Å². The van der Waals surface area contributed by atoms with E-state index in [1.807, 2.05) is 23.6 Å². The van der Waals surface area contributed by atoms with Crippen molar-refractivity contribution in [2.75, 3.05) is 32.8 Å². The van der Waals surface area contributed by atoms with E-state index in [0.29, 0.717) is 57.7 Å². The summed E-state index contributed by atoms with van der Waals surface area (Å²) in [6.45, 7) is 1.09. The van der Waals surface area contributed by atoms with Crippen LogP contribution in [0.1, 0.15) is 9.88 Å². The number of fused-ring (bicyclic) bond motifs is 1. The fraction of sp³-hybridized carbons (Fsp3) is 0.240. The van der Waals surface area contributed by atoms with E-state index in [0.717, 1.165) is 15.4 Å². The molecule has 0 amide bonds. The molecule has 5 rings (SSSR count). The first-order valence-corrected chi connectivity index (χ1v) is 13.2. The SMILES string of the molecule is COc1cc(OC)c(Nc2nc(-c3ccc4c(c3)OCCO4)c(CC(=O)OCc3nccs3)s2)cc1Cl. The van der Waals surface area contributed by atoms with Crippen LogP contribution in [0.15, 0.2) is 41.9 Å². The van der Waals surface area contributed by atoms with Gasteiger partial charge in [0, 0.05) is 28.1 Å². The van der Waals surface area contributed by atoms with Crippen LogP contribution in [0.25, 0.3) is 11.3 Å². The largest absolute Gasteiger partial charge is 0.495 e. The Balaban J connectivity index is 1.45. The molecule has 3 heterocycles. The Kier molecular flexibility index (Phi) is 7.63. The third-order valence-corrected chi connectivity index (χ3v) is 7.39. The van der Waals surface area contributed by atoms with Gasteiger partial charge in [0.05, 0.1) is 37.0 Å². The maximum absolute atomic E-state index is 12.7. The number of nitrogens with zero attached hydrogens (tertiary/aromatic N) is 2. The van der Waals surface area contributed by atoms with Gasteiger partial charge in [0.25, 0.3) is 0 Å². The molecule has 0 atom stereocenters. The standard InChI is InChI=1S/C25H22ClN3O6S2/c1-31-18-11-19(32-2)16(10-15(18)26)28-25-29-24(14-3-4-17-20(9-14)34-7-6-33-17)21(37-25)12-23(30)35-13-22-27-5-8-36-22/h3-5,8-11H,6-7,12-13H2,1-2H3,(H,28,29). The van der Waals surface area contributed by atoms with Crippen molar-refractivity contribution in [2.45, 2.75) is 13.0 Å². The van der Waals surface area contributed by atoms with Crippen molar-refractivity contribution in [3.05, 3.63) is 56.8 Å². The number of methoxy groups -OCH3 is 2. The fourth-order valence-electron chi connectivity index (χ4n) is 3.66. The normalized spacial score (nSPS) is 12.2. The number of anilines is 2. The van der Waals surface area contributed by atoms with E-state index < -0.39 is 0 Å². The number of hydrogen-bond acceptors (Lipinski definition) is 11. The summed E-state index contributed by atoms with van der Waals surface area (Å²) in [6.07, 6.45) is 1.71. The summed E-state index contributed by atoms with van der Waals surface area (Å²) in [6, 6.07) is 8.99. The minimum absolute atomic E-state index is 0.0367. The number of halogens is 1. The molecule has 192 valence electrons. The molecular weight excluding hydrogens is 538 g/mol. The summed E-state index contributed by atoms with van der Waals surface area (Å²) >= 11 is 9.11. The highest BCUT2D eigenvalue weighted by Crippen LogP contribution is 2.41. The van der Waals surface area contributed by atoms with Crippen LogP contribution in [-0.2, 0) is 22.6 Å². The van der Waals surface area contributed by atoms with Crippen LogP contribution in [0.2, 0.25) is 5.02 Å². The van der Waals surface area contributed by atoms with E-state index in [-0.39, 0.29) is 19.0 Å². The van der Waals surface area contributed by atoms with Crippen LogP contribution in [0.5, 0.6) is 23.0 Å². The fourth-order valence-corrected chi connectivity index (χ4v) is 5.41. The molecule has 2 aromatic carbocycles. The Morgan fingerprint density at radius 1 is 1.11 bits per heavy atom. The van der Waals surface area contributed by atoms with Crippen molar-refractivity contribution in [1.82, 2.24) is 9.97 Å². The number of thiazole rings is 2. The van der Waals surface area contributed by atoms with Gasteiger partial charge in [-0.2, -0.15) is 0 Å². The zero-order valence-electron chi connectivity index (χ0n) is 19.9. The van der Waals surface area contributed by atoms with Crippen molar-refractivity contribution < 1.29 is 28.5 Å². The highest BCUT2D eigenvalue weighted by atomic mass is 35.5. The topological polar surface area (TPSA) is 101 Å². The molecule has 12 heteroatoms. The van der Waals surface area contributed by atoms with E-state index in [1.165, 1.54) is 29.8 Å². The second-order valence-electron chi connectivity index (χ2n) is 7.72. The molecule has 0 unspecified atom stereocenters. The predicted molar refractivity (Wildman–Crippen MR) is 142 cm³/mol. The number of benzene rings is 2. The minimum atomic E-state index is -0.380. The lowest BCUT2D eigenvalue weighted by Gasteiger charge is -2.18. The van der Waals surface area contributed by atoms with Gasteiger partial charge in [-0.25, -0.2) is 9.97 Å². The van der Waals surface area contributed by atoms with Crippen molar-refractivity contribution >= 4 is 51.1 Å². The van der Waals surface area contributed by atoms with Gasteiger partial charge in [-0.15, -0.1) is 22.7 Å².